The minimum Gasteiger partial charge on any atom is -0.360 e. The van der Waals surface area contributed by atoms with Gasteiger partial charge in [0.1, 0.15) is 0 Å². The standard InChI is InChI=1S/C12H25F2N5/c1-16-8-12(13,14)5-6-18-9-3-4-10(7-9)19-11(15)17-2/h9-10,16,18H,3-8H2,1-2H3,(H3,15,17,19)/t9-,10-/m0/s1. The van der Waals surface area contributed by atoms with Crippen LogP contribution in [0.2, 0.25) is 0 Å². The number of nitrogens with one attached hydrogen (secondary N) is 5. The summed E-state index contributed by atoms with van der Waals surface area (Å²) in [6, 6.07) is 0.530. The second kappa shape index (κ2) is 7.59. The van der Waals surface area contributed by atoms with Crippen LogP contribution in [0.15, 0.2) is 0 Å². The predicted molar refractivity (Wildman–Crippen MR) is 72.8 cm³/mol. The maximum atomic E-state index is 13.2. The van der Waals surface area contributed by atoms with Crippen LogP contribution < -0.4 is 21.3 Å². The van der Waals surface area contributed by atoms with Gasteiger partial charge in [0.05, 0.1) is 6.54 Å². The molecule has 19 heavy (non-hydrogen) atoms. The summed E-state index contributed by atoms with van der Waals surface area (Å²) >= 11 is 0. The predicted octanol–water partition coefficient (Wildman–Crippen LogP) is 0.486. The Kier molecular flexibility index (Phi) is 6.44. The van der Waals surface area contributed by atoms with Crippen molar-refractivity contribution in [1.29, 1.82) is 5.41 Å². The average molecular weight is 277 g/mol. The van der Waals surface area contributed by atoms with E-state index in [0.717, 1.165) is 19.3 Å². The van der Waals surface area contributed by atoms with Crippen LogP contribution in [0.5, 0.6) is 0 Å². The first kappa shape index (κ1) is 16.1. The van der Waals surface area contributed by atoms with E-state index in [9.17, 15) is 8.78 Å². The molecule has 0 unspecified atom stereocenters. The number of rotatable bonds is 7. The first-order valence-electron chi connectivity index (χ1n) is 6.75. The molecule has 0 heterocycles. The van der Waals surface area contributed by atoms with Gasteiger partial charge in [0.15, 0.2) is 5.96 Å². The Balaban J connectivity index is 2.17. The third kappa shape index (κ3) is 6.15. The summed E-state index contributed by atoms with van der Waals surface area (Å²) in [6.45, 7) is 0.0540. The molecule has 5 nitrogen and oxygen atoms in total. The molecule has 5 N–H and O–H groups in total. The Bertz CT molecular complexity index is 285. The number of halogens is 2. The van der Waals surface area contributed by atoms with E-state index in [1.54, 1.807) is 7.05 Å². The van der Waals surface area contributed by atoms with Crippen molar-refractivity contribution in [3.63, 3.8) is 0 Å². The van der Waals surface area contributed by atoms with Crippen molar-refractivity contribution in [2.45, 2.75) is 43.7 Å². The van der Waals surface area contributed by atoms with Crippen molar-refractivity contribution in [3.05, 3.63) is 0 Å². The van der Waals surface area contributed by atoms with Gasteiger partial charge in [-0.3, -0.25) is 5.41 Å². The van der Waals surface area contributed by atoms with E-state index in [-0.39, 0.29) is 25.0 Å². The molecule has 1 rings (SSSR count). The van der Waals surface area contributed by atoms with Gasteiger partial charge in [-0.15, -0.1) is 0 Å². The summed E-state index contributed by atoms with van der Waals surface area (Å²) in [7, 11) is 3.23. The third-order valence-electron chi connectivity index (χ3n) is 3.39. The molecule has 1 saturated carbocycles. The van der Waals surface area contributed by atoms with Gasteiger partial charge in [-0.1, -0.05) is 0 Å². The quantitative estimate of drug-likeness (QED) is 0.347. The third-order valence-corrected chi connectivity index (χ3v) is 3.39. The van der Waals surface area contributed by atoms with Gasteiger partial charge in [-0.2, -0.15) is 0 Å². The van der Waals surface area contributed by atoms with E-state index in [1.807, 2.05) is 0 Å². The molecule has 1 fully saturated rings. The summed E-state index contributed by atoms with van der Waals surface area (Å²) in [5.74, 6) is -2.34. The van der Waals surface area contributed by atoms with Crippen LogP contribution in [-0.4, -0.2) is 51.2 Å². The summed E-state index contributed by atoms with van der Waals surface area (Å²) in [5, 5.41) is 19.0. The van der Waals surface area contributed by atoms with Gasteiger partial charge in [0.25, 0.3) is 5.92 Å². The molecule has 0 aromatic heterocycles. The van der Waals surface area contributed by atoms with Crippen LogP contribution in [-0.2, 0) is 0 Å². The maximum absolute atomic E-state index is 13.2. The van der Waals surface area contributed by atoms with E-state index in [1.165, 1.54) is 7.05 Å². The molecule has 0 amide bonds. The lowest BCUT2D eigenvalue weighted by atomic mass is 10.2. The van der Waals surface area contributed by atoms with Crippen molar-refractivity contribution < 1.29 is 8.78 Å². The Morgan fingerprint density at radius 3 is 2.58 bits per heavy atom. The number of hydrogen-bond donors (Lipinski definition) is 5. The van der Waals surface area contributed by atoms with E-state index in [2.05, 4.69) is 21.3 Å². The zero-order valence-corrected chi connectivity index (χ0v) is 11.7. The normalized spacial score (nSPS) is 23.4. The highest BCUT2D eigenvalue weighted by Gasteiger charge is 2.29. The van der Waals surface area contributed by atoms with Gasteiger partial charge in [-0.25, -0.2) is 8.78 Å². The van der Waals surface area contributed by atoms with Gasteiger partial charge in [0, 0.05) is 32.1 Å². The van der Waals surface area contributed by atoms with Crippen molar-refractivity contribution in [1.82, 2.24) is 21.3 Å². The van der Waals surface area contributed by atoms with Crippen LogP contribution >= 0.6 is 0 Å². The van der Waals surface area contributed by atoms with Crippen LogP contribution in [0.25, 0.3) is 0 Å². The highest BCUT2D eigenvalue weighted by atomic mass is 19.3. The van der Waals surface area contributed by atoms with Crippen molar-refractivity contribution in [3.8, 4) is 0 Å². The number of guanidine groups is 1. The lowest BCUT2D eigenvalue weighted by Gasteiger charge is -2.19. The summed E-state index contributed by atoms with van der Waals surface area (Å²) in [6.07, 6.45) is 2.66. The van der Waals surface area contributed by atoms with E-state index >= 15 is 0 Å². The molecule has 0 spiro atoms. The average Bonchev–Trinajstić information content (AvgIpc) is 2.76. The molecule has 0 bridgehead atoms. The molecule has 1 aliphatic carbocycles. The van der Waals surface area contributed by atoms with Gasteiger partial charge in [0.2, 0.25) is 0 Å². The van der Waals surface area contributed by atoms with Gasteiger partial charge < -0.3 is 21.3 Å². The first-order valence-corrected chi connectivity index (χ1v) is 6.75. The lowest BCUT2D eigenvalue weighted by Crippen LogP contribution is -2.41. The monoisotopic (exact) mass is 277 g/mol. The van der Waals surface area contributed by atoms with Crippen molar-refractivity contribution in [2.24, 2.45) is 0 Å². The second-order valence-electron chi connectivity index (χ2n) is 5.07. The van der Waals surface area contributed by atoms with Crippen LogP contribution in [0.1, 0.15) is 25.7 Å². The summed E-state index contributed by atoms with van der Waals surface area (Å²) < 4.78 is 26.5. The minimum absolute atomic E-state index is 0.144. The fourth-order valence-electron chi connectivity index (χ4n) is 2.38. The van der Waals surface area contributed by atoms with Crippen LogP contribution in [0.3, 0.4) is 0 Å². The number of hydrogen-bond acceptors (Lipinski definition) is 3. The molecule has 0 radical (unpaired) electrons. The highest BCUT2D eigenvalue weighted by Crippen LogP contribution is 2.20. The molecule has 1 aliphatic rings. The van der Waals surface area contributed by atoms with E-state index < -0.39 is 5.92 Å². The fourth-order valence-corrected chi connectivity index (χ4v) is 2.38. The Morgan fingerprint density at radius 2 is 1.95 bits per heavy atom. The highest BCUT2D eigenvalue weighted by molar-refractivity contribution is 5.76. The van der Waals surface area contributed by atoms with Crippen LogP contribution in [0.4, 0.5) is 8.78 Å². The first-order chi connectivity index (χ1) is 8.96. The maximum Gasteiger partial charge on any atom is 0.261 e. The smallest absolute Gasteiger partial charge is 0.261 e. The molecule has 0 saturated heterocycles. The zero-order chi connectivity index (χ0) is 14.3. The number of alkyl halides is 2. The fraction of sp³-hybridized carbons (Fsp3) is 0.917. The molecule has 7 heteroatoms. The second-order valence-corrected chi connectivity index (χ2v) is 5.07. The van der Waals surface area contributed by atoms with E-state index in [0.29, 0.717) is 12.5 Å². The Morgan fingerprint density at radius 1 is 1.26 bits per heavy atom. The SMILES string of the molecule is CNCC(F)(F)CCN[C@H]1CC[C@H](NC(=N)NC)C1. The molecule has 0 aromatic carbocycles. The lowest BCUT2D eigenvalue weighted by molar-refractivity contribution is -0.00461. The topological polar surface area (TPSA) is 72.0 Å². The van der Waals surface area contributed by atoms with E-state index in [4.69, 9.17) is 5.41 Å². The van der Waals surface area contributed by atoms with Crippen LogP contribution in [0, 0.1) is 5.41 Å². The summed E-state index contributed by atoms with van der Waals surface area (Å²) in [4.78, 5) is 0. The Labute approximate surface area is 113 Å². The molecular formula is C12H25F2N5. The molecular weight excluding hydrogens is 252 g/mol. The Hall–Kier alpha value is -0.950. The summed E-state index contributed by atoms with van der Waals surface area (Å²) in [5.41, 5.74) is 0. The van der Waals surface area contributed by atoms with Gasteiger partial charge in [-0.05, 0) is 26.3 Å². The minimum atomic E-state index is -2.65. The van der Waals surface area contributed by atoms with Crippen molar-refractivity contribution >= 4 is 5.96 Å². The van der Waals surface area contributed by atoms with Crippen molar-refractivity contribution in [2.75, 3.05) is 27.2 Å². The molecule has 112 valence electrons. The van der Waals surface area contributed by atoms with Gasteiger partial charge >= 0.3 is 0 Å². The largest absolute Gasteiger partial charge is 0.360 e. The zero-order valence-electron chi connectivity index (χ0n) is 11.7. The molecule has 0 aromatic rings. The molecule has 2 atom stereocenters. The molecule has 0 aliphatic heterocycles.